The molecule has 8 heteroatoms. The zero-order chi connectivity index (χ0) is 20.2. The Labute approximate surface area is 168 Å². The first kappa shape index (κ1) is 19.2. The summed E-state index contributed by atoms with van der Waals surface area (Å²) in [5.41, 5.74) is 2.83. The summed E-state index contributed by atoms with van der Waals surface area (Å²) in [6.07, 6.45) is 0. The van der Waals surface area contributed by atoms with Crippen LogP contribution in [0.15, 0.2) is 36.4 Å². The van der Waals surface area contributed by atoms with Crippen molar-refractivity contribution in [3.8, 4) is 0 Å². The average Bonchev–Trinajstić information content (AvgIpc) is 3.00. The highest BCUT2D eigenvalue weighted by Crippen LogP contribution is 2.37. The average molecular weight is 423 g/mol. The van der Waals surface area contributed by atoms with Gasteiger partial charge in [0.1, 0.15) is 5.82 Å². The zero-order valence-electron chi connectivity index (χ0n) is 15.5. The number of aryl methyl sites for hydroxylation is 2. The van der Waals surface area contributed by atoms with Gasteiger partial charge in [0.15, 0.2) is 9.84 Å². The van der Waals surface area contributed by atoms with Gasteiger partial charge in [-0.3, -0.25) is 4.90 Å². The molecule has 0 radical (unpaired) electrons. The summed E-state index contributed by atoms with van der Waals surface area (Å²) in [5.74, 6) is -0.739. The van der Waals surface area contributed by atoms with Gasteiger partial charge in [0.25, 0.3) is 0 Å². The predicted octanol–water partition coefficient (Wildman–Crippen LogP) is 3.70. The third kappa shape index (κ3) is 3.26. The number of rotatable bonds is 3. The van der Waals surface area contributed by atoms with Crippen LogP contribution in [0.1, 0.15) is 16.7 Å². The number of benzene rings is 2. The minimum atomic E-state index is -3.30. The lowest BCUT2D eigenvalue weighted by Crippen LogP contribution is -2.37. The Kier molecular flexibility index (Phi) is 4.62. The molecule has 4 rings (SSSR count). The minimum Gasteiger partial charge on any atom is -0.314 e. The van der Waals surface area contributed by atoms with Gasteiger partial charge in [-0.2, -0.15) is 0 Å². The smallest absolute Gasteiger partial charge is 0.314 e. The highest BCUT2D eigenvalue weighted by Gasteiger charge is 2.54. The largest absolute Gasteiger partial charge is 0.325 e. The molecule has 148 valence electrons. The Morgan fingerprint density at radius 1 is 1.11 bits per heavy atom. The molecule has 0 unspecified atom stereocenters. The van der Waals surface area contributed by atoms with E-state index in [2.05, 4.69) is 0 Å². The first-order valence-electron chi connectivity index (χ1n) is 8.98. The second-order valence-corrected chi connectivity index (χ2v) is 10.1. The molecule has 2 aromatic rings. The highest BCUT2D eigenvalue weighted by molar-refractivity contribution is 7.91. The Balaban J connectivity index is 1.77. The maximum atomic E-state index is 14.3. The van der Waals surface area contributed by atoms with Gasteiger partial charge in [-0.1, -0.05) is 23.7 Å². The van der Waals surface area contributed by atoms with Crippen LogP contribution in [0.3, 0.4) is 0 Å². The molecule has 2 fully saturated rings. The molecule has 2 saturated heterocycles. The molecule has 0 aromatic heterocycles. The lowest BCUT2D eigenvalue weighted by molar-refractivity contribution is 0.205. The van der Waals surface area contributed by atoms with E-state index in [1.54, 1.807) is 11.0 Å². The summed E-state index contributed by atoms with van der Waals surface area (Å²) in [5, 5.41) is 0.218. The molecule has 28 heavy (non-hydrogen) atoms. The predicted molar refractivity (Wildman–Crippen MR) is 107 cm³/mol. The molecule has 2 heterocycles. The molecule has 2 atom stereocenters. The minimum absolute atomic E-state index is 0.0671. The van der Waals surface area contributed by atoms with Crippen molar-refractivity contribution in [2.75, 3.05) is 16.4 Å². The van der Waals surface area contributed by atoms with Gasteiger partial charge in [-0.05, 0) is 49.2 Å². The molecule has 2 aromatic carbocycles. The number of carbonyl (C=O) groups is 1. The normalized spacial score (nSPS) is 23.4. The summed E-state index contributed by atoms with van der Waals surface area (Å²) in [6.45, 7) is 3.79. The van der Waals surface area contributed by atoms with Gasteiger partial charge >= 0.3 is 6.03 Å². The summed E-state index contributed by atoms with van der Waals surface area (Å²) in [7, 11) is -3.30. The van der Waals surface area contributed by atoms with Gasteiger partial charge in [-0.25, -0.2) is 17.6 Å². The molecule has 0 bridgehead atoms. The van der Waals surface area contributed by atoms with Crippen LogP contribution < -0.4 is 4.90 Å². The van der Waals surface area contributed by atoms with Crippen molar-refractivity contribution in [1.29, 1.82) is 0 Å². The first-order valence-corrected chi connectivity index (χ1v) is 11.2. The van der Waals surface area contributed by atoms with E-state index >= 15 is 0 Å². The molecular formula is C20H20ClFN2O3S. The van der Waals surface area contributed by atoms with E-state index in [0.717, 1.165) is 11.1 Å². The van der Waals surface area contributed by atoms with Crippen molar-refractivity contribution in [1.82, 2.24) is 4.90 Å². The Bertz CT molecular complexity index is 1030. The number of amides is 2. The Morgan fingerprint density at radius 2 is 1.75 bits per heavy atom. The van der Waals surface area contributed by atoms with Crippen molar-refractivity contribution in [3.05, 3.63) is 63.9 Å². The number of sulfone groups is 1. The maximum absolute atomic E-state index is 14.3. The maximum Gasteiger partial charge on any atom is 0.325 e. The lowest BCUT2D eigenvalue weighted by Gasteiger charge is -2.23. The number of urea groups is 1. The first-order chi connectivity index (χ1) is 13.2. The van der Waals surface area contributed by atoms with Gasteiger partial charge in [0, 0.05) is 16.3 Å². The molecular weight excluding hydrogens is 403 g/mol. The number of hydrogen-bond acceptors (Lipinski definition) is 3. The van der Waals surface area contributed by atoms with E-state index in [1.165, 1.54) is 17.0 Å². The number of anilines is 1. The van der Waals surface area contributed by atoms with E-state index in [4.69, 9.17) is 11.6 Å². The van der Waals surface area contributed by atoms with Crippen molar-refractivity contribution in [2.24, 2.45) is 0 Å². The molecule has 2 aliphatic heterocycles. The molecule has 2 aliphatic rings. The van der Waals surface area contributed by atoms with Gasteiger partial charge < -0.3 is 4.90 Å². The van der Waals surface area contributed by atoms with Gasteiger partial charge in [0.05, 0.1) is 30.1 Å². The van der Waals surface area contributed by atoms with Crippen molar-refractivity contribution in [3.63, 3.8) is 0 Å². The second kappa shape index (κ2) is 6.74. The van der Waals surface area contributed by atoms with Crippen LogP contribution in [0.2, 0.25) is 5.02 Å². The van der Waals surface area contributed by atoms with E-state index < -0.39 is 27.7 Å². The lowest BCUT2D eigenvalue weighted by atomic mass is 10.1. The number of carbonyl (C=O) groups excluding carboxylic acids is 1. The molecule has 0 spiro atoms. The molecule has 5 nitrogen and oxygen atoms in total. The number of hydrogen-bond donors (Lipinski definition) is 0. The van der Waals surface area contributed by atoms with Crippen LogP contribution in [-0.4, -0.2) is 42.9 Å². The van der Waals surface area contributed by atoms with Crippen LogP contribution in [0.4, 0.5) is 14.9 Å². The van der Waals surface area contributed by atoms with Gasteiger partial charge in [-0.15, -0.1) is 0 Å². The third-order valence-corrected chi connectivity index (χ3v) is 7.40. The van der Waals surface area contributed by atoms with Crippen molar-refractivity contribution < 1.29 is 17.6 Å². The quantitative estimate of drug-likeness (QED) is 0.708. The molecule has 0 saturated carbocycles. The van der Waals surface area contributed by atoms with Crippen LogP contribution in [0.5, 0.6) is 0 Å². The standard InChI is InChI=1S/C20H20ClFN2O3S/c1-12-6-13(2)8-14(7-12)24-19-11-28(26,27)10-18(19)23(20(24)25)9-15-16(21)4-3-5-17(15)22/h3-8,18-19H,9-11H2,1-2H3/t18-,19-/m0/s1. The fourth-order valence-corrected chi connectivity index (χ4v) is 6.38. The number of halogens is 2. The Morgan fingerprint density at radius 3 is 2.39 bits per heavy atom. The van der Waals surface area contributed by atoms with Crippen molar-refractivity contribution in [2.45, 2.75) is 32.5 Å². The van der Waals surface area contributed by atoms with Gasteiger partial charge in [0.2, 0.25) is 0 Å². The number of nitrogens with zero attached hydrogens (tertiary/aromatic N) is 2. The fraction of sp³-hybridized carbons (Fsp3) is 0.350. The van der Waals surface area contributed by atoms with Crippen LogP contribution in [0, 0.1) is 19.7 Å². The third-order valence-electron chi connectivity index (χ3n) is 5.35. The highest BCUT2D eigenvalue weighted by atomic mass is 35.5. The summed E-state index contributed by atoms with van der Waals surface area (Å²) < 4.78 is 39.0. The SMILES string of the molecule is Cc1cc(C)cc(N2C(=O)N(Cc3c(F)cccc3Cl)[C@H]3CS(=O)(=O)C[C@@H]32)c1. The van der Waals surface area contributed by atoms with E-state index in [0.29, 0.717) is 5.69 Å². The summed E-state index contributed by atoms with van der Waals surface area (Å²) >= 11 is 6.14. The topological polar surface area (TPSA) is 57.7 Å². The van der Waals surface area contributed by atoms with Crippen molar-refractivity contribution >= 4 is 33.2 Å². The summed E-state index contributed by atoms with van der Waals surface area (Å²) in [4.78, 5) is 16.3. The second-order valence-electron chi connectivity index (χ2n) is 7.54. The monoisotopic (exact) mass is 422 g/mol. The van der Waals surface area contributed by atoms with E-state index in [9.17, 15) is 17.6 Å². The fourth-order valence-electron chi connectivity index (χ4n) is 4.21. The number of fused-ring (bicyclic) bond motifs is 1. The van der Waals surface area contributed by atoms with Crippen LogP contribution >= 0.6 is 11.6 Å². The zero-order valence-corrected chi connectivity index (χ0v) is 17.1. The van der Waals surface area contributed by atoms with Crippen LogP contribution in [-0.2, 0) is 16.4 Å². The molecule has 0 aliphatic carbocycles. The summed E-state index contributed by atoms with van der Waals surface area (Å²) in [6, 6.07) is 8.71. The van der Waals surface area contributed by atoms with E-state index in [1.807, 2.05) is 32.0 Å². The van der Waals surface area contributed by atoms with E-state index in [-0.39, 0.29) is 34.7 Å². The van der Waals surface area contributed by atoms with Crippen LogP contribution in [0.25, 0.3) is 0 Å². The Hall–Kier alpha value is -2.12. The molecule has 2 amide bonds. The molecule has 0 N–H and O–H groups in total.